The quantitative estimate of drug-likeness (QED) is 0.205. The first-order valence-electron chi connectivity index (χ1n) is 11.4. The minimum atomic E-state index is -0.211. The van der Waals surface area contributed by atoms with Crippen molar-refractivity contribution in [2.75, 3.05) is 5.75 Å². The van der Waals surface area contributed by atoms with Gasteiger partial charge in [-0.25, -0.2) is 5.43 Å². The summed E-state index contributed by atoms with van der Waals surface area (Å²) in [6.07, 6.45) is 1.64. The van der Waals surface area contributed by atoms with E-state index in [1.807, 2.05) is 66.1 Å². The zero-order valence-electron chi connectivity index (χ0n) is 20.4. The van der Waals surface area contributed by atoms with E-state index >= 15 is 0 Å². The number of hydrazone groups is 1. The molecule has 0 saturated heterocycles. The number of carbonyl (C=O) groups is 1. The van der Waals surface area contributed by atoms with Gasteiger partial charge < -0.3 is 0 Å². The second kappa shape index (κ2) is 10.7. The van der Waals surface area contributed by atoms with Gasteiger partial charge in [-0.2, -0.15) is 5.10 Å². The lowest BCUT2D eigenvalue weighted by atomic mass is 9.87. The number of benzene rings is 3. The molecule has 0 radical (unpaired) electrons. The van der Waals surface area contributed by atoms with Crippen LogP contribution in [0.15, 0.2) is 89.1 Å². The number of nitrogens with one attached hydrogen (secondary N) is 1. The van der Waals surface area contributed by atoms with Crippen molar-refractivity contribution in [1.82, 2.24) is 20.2 Å². The van der Waals surface area contributed by atoms with Crippen LogP contribution in [0, 0.1) is 6.92 Å². The van der Waals surface area contributed by atoms with Crippen molar-refractivity contribution >= 4 is 23.9 Å². The molecule has 1 amide bonds. The van der Waals surface area contributed by atoms with Crippen molar-refractivity contribution in [3.8, 4) is 17.1 Å². The van der Waals surface area contributed by atoms with Crippen LogP contribution in [0.25, 0.3) is 17.1 Å². The number of hydrogen-bond acceptors (Lipinski definition) is 5. The van der Waals surface area contributed by atoms with E-state index in [1.165, 1.54) is 17.3 Å². The number of carbonyl (C=O) groups excluding carboxylic acids is 1. The molecule has 3 aromatic carbocycles. The summed E-state index contributed by atoms with van der Waals surface area (Å²) in [6, 6.07) is 26.3. The number of thioether (sulfide) groups is 1. The fraction of sp³-hybridized carbons (Fsp3) is 0.214. The van der Waals surface area contributed by atoms with E-state index in [0.29, 0.717) is 5.16 Å². The van der Waals surface area contributed by atoms with Gasteiger partial charge in [0.25, 0.3) is 5.91 Å². The molecule has 4 rings (SSSR count). The van der Waals surface area contributed by atoms with Gasteiger partial charge in [0.15, 0.2) is 11.0 Å². The summed E-state index contributed by atoms with van der Waals surface area (Å²) in [7, 11) is 0. The van der Waals surface area contributed by atoms with Gasteiger partial charge in [-0.15, -0.1) is 10.2 Å². The summed E-state index contributed by atoms with van der Waals surface area (Å²) >= 11 is 1.33. The number of hydrogen-bond donors (Lipinski definition) is 1. The van der Waals surface area contributed by atoms with Crippen LogP contribution in [0.3, 0.4) is 0 Å². The molecule has 1 N–H and O–H groups in total. The minimum Gasteiger partial charge on any atom is -0.272 e. The maximum atomic E-state index is 12.4. The largest absolute Gasteiger partial charge is 0.272 e. The Kier molecular flexibility index (Phi) is 7.46. The van der Waals surface area contributed by atoms with Gasteiger partial charge in [0.1, 0.15) is 0 Å². The van der Waals surface area contributed by atoms with Crippen LogP contribution >= 0.6 is 11.8 Å². The first-order valence-corrected chi connectivity index (χ1v) is 12.4. The lowest BCUT2D eigenvalue weighted by Crippen LogP contribution is -2.20. The molecular weight excluding hydrogens is 454 g/mol. The monoisotopic (exact) mass is 483 g/mol. The molecule has 0 aliphatic heterocycles. The maximum absolute atomic E-state index is 12.4. The van der Waals surface area contributed by atoms with Crippen molar-refractivity contribution < 1.29 is 4.79 Å². The van der Waals surface area contributed by atoms with Crippen LogP contribution in [-0.2, 0) is 10.2 Å². The Morgan fingerprint density at radius 1 is 1.00 bits per heavy atom. The Hall–Kier alpha value is -3.71. The number of amides is 1. The molecule has 7 heteroatoms. The molecule has 0 aliphatic rings. The van der Waals surface area contributed by atoms with Crippen LogP contribution in [0.4, 0.5) is 0 Å². The summed E-state index contributed by atoms with van der Waals surface area (Å²) in [5.74, 6) is 0.689. The van der Waals surface area contributed by atoms with Gasteiger partial charge in [-0.1, -0.05) is 105 Å². The van der Waals surface area contributed by atoms with Crippen LogP contribution < -0.4 is 5.43 Å². The lowest BCUT2D eigenvalue weighted by Gasteiger charge is -2.19. The molecular formula is C28H29N5OS. The highest BCUT2D eigenvalue weighted by Crippen LogP contribution is 2.30. The van der Waals surface area contributed by atoms with E-state index in [2.05, 4.69) is 65.8 Å². The van der Waals surface area contributed by atoms with E-state index in [0.717, 1.165) is 28.2 Å². The number of aryl methyl sites for hydroxylation is 1. The van der Waals surface area contributed by atoms with E-state index < -0.39 is 0 Å². The SMILES string of the molecule is Cc1cccc(/C=N/NC(=O)CSc2nnc(-c3ccc(C(C)(C)C)cc3)n2-c2ccccc2)c1. The second-order valence-electron chi connectivity index (χ2n) is 9.30. The van der Waals surface area contributed by atoms with Crippen LogP contribution in [0.2, 0.25) is 0 Å². The van der Waals surface area contributed by atoms with E-state index in [-0.39, 0.29) is 17.1 Å². The molecule has 6 nitrogen and oxygen atoms in total. The van der Waals surface area contributed by atoms with E-state index in [9.17, 15) is 4.79 Å². The van der Waals surface area contributed by atoms with Crippen molar-refractivity contribution in [3.63, 3.8) is 0 Å². The van der Waals surface area contributed by atoms with Crippen LogP contribution in [0.1, 0.15) is 37.5 Å². The Bertz CT molecular complexity index is 1320. The molecule has 0 unspecified atom stereocenters. The maximum Gasteiger partial charge on any atom is 0.250 e. The first-order chi connectivity index (χ1) is 16.8. The number of aromatic nitrogens is 3. The molecule has 0 atom stereocenters. The van der Waals surface area contributed by atoms with Gasteiger partial charge in [0.05, 0.1) is 12.0 Å². The van der Waals surface area contributed by atoms with E-state index in [1.54, 1.807) is 6.21 Å². The molecule has 0 bridgehead atoms. The highest BCUT2D eigenvalue weighted by atomic mass is 32.2. The molecule has 0 spiro atoms. The third kappa shape index (κ3) is 6.25. The van der Waals surface area contributed by atoms with Crippen LogP contribution in [0.5, 0.6) is 0 Å². The molecule has 4 aromatic rings. The minimum absolute atomic E-state index is 0.0713. The van der Waals surface area contributed by atoms with Gasteiger partial charge in [-0.05, 0) is 35.6 Å². The fourth-order valence-electron chi connectivity index (χ4n) is 3.57. The predicted octanol–water partition coefficient (Wildman–Crippen LogP) is 5.78. The average molecular weight is 484 g/mol. The summed E-state index contributed by atoms with van der Waals surface area (Å²) in [5.41, 5.74) is 7.89. The van der Waals surface area contributed by atoms with Crippen LogP contribution in [-0.4, -0.2) is 32.6 Å². The third-order valence-corrected chi connectivity index (χ3v) is 6.36. The van der Waals surface area contributed by atoms with E-state index in [4.69, 9.17) is 0 Å². The molecule has 0 fully saturated rings. The topological polar surface area (TPSA) is 72.2 Å². The summed E-state index contributed by atoms with van der Waals surface area (Å²) in [5, 5.41) is 13.6. The van der Waals surface area contributed by atoms with Gasteiger partial charge in [0.2, 0.25) is 0 Å². The molecule has 0 aliphatic carbocycles. The molecule has 1 heterocycles. The van der Waals surface area contributed by atoms with Crippen molar-refractivity contribution in [2.24, 2.45) is 5.10 Å². The summed E-state index contributed by atoms with van der Waals surface area (Å²) < 4.78 is 1.99. The molecule has 35 heavy (non-hydrogen) atoms. The number of para-hydroxylation sites is 1. The Morgan fingerprint density at radius 2 is 1.74 bits per heavy atom. The fourth-order valence-corrected chi connectivity index (χ4v) is 4.32. The van der Waals surface area contributed by atoms with Crippen molar-refractivity contribution in [2.45, 2.75) is 38.3 Å². The van der Waals surface area contributed by atoms with Gasteiger partial charge >= 0.3 is 0 Å². The first kappa shape index (κ1) is 24.4. The molecule has 0 saturated carbocycles. The number of rotatable bonds is 7. The molecule has 178 valence electrons. The standard InChI is InChI=1S/C28H29N5OS/c1-20-9-8-10-21(17-20)18-29-30-25(34)19-35-27-32-31-26(33(27)24-11-6-5-7-12-24)22-13-15-23(16-14-22)28(2,3)4/h5-18H,19H2,1-4H3,(H,30,34)/b29-18+. The van der Waals surface area contributed by atoms with Crippen molar-refractivity contribution in [1.29, 1.82) is 0 Å². The smallest absolute Gasteiger partial charge is 0.250 e. The highest BCUT2D eigenvalue weighted by molar-refractivity contribution is 7.99. The Labute approximate surface area is 210 Å². The third-order valence-electron chi connectivity index (χ3n) is 5.43. The summed E-state index contributed by atoms with van der Waals surface area (Å²) in [6.45, 7) is 8.60. The lowest BCUT2D eigenvalue weighted by molar-refractivity contribution is -0.118. The van der Waals surface area contributed by atoms with Gasteiger partial charge in [-0.3, -0.25) is 9.36 Å². The second-order valence-corrected chi connectivity index (χ2v) is 10.2. The number of nitrogens with zero attached hydrogens (tertiary/aromatic N) is 4. The normalized spacial score (nSPS) is 11.7. The zero-order valence-corrected chi connectivity index (χ0v) is 21.2. The Morgan fingerprint density at radius 3 is 2.43 bits per heavy atom. The highest BCUT2D eigenvalue weighted by Gasteiger charge is 2.19. The average Bonchev–Trinajstić information content (AvgIpc) is 3.27. The molecule has 1 aromatic heterocycles. The zero-order chi connectivity index (χ0) is 24.8. The van der Waals surface area contributed by atoms with Crippen molar-refractivity contribution in [3.05, 3.63) is 95.6 Å². The predicted molar refractivity (Wildman–Crippen MR) is 143 cm³/mol. The Balaban J connectivity index is 1.52. The summed E-state index contributed by atoms with van der Waals surface area (Å²) in [4.78, 5) is 12.4. The van der Waals surface area contributed by atoms with Gasteiger partial charge in [0, 0.05) is 11.3 Å².